The molecule has 1 aromatic heterocycles. The van der Waals surface area contributed by atoms with Gasteiger partial charge in [-0.2, -0.15) is 0 Å². The number of rotatable bonds is 3. The number of thiophene rings is 1. The molecule has 2 aliphatic rings. The van der Waals surface area contributed by atoms with E-state index in [0.717, 1.165) is 26.0 Å². The lowest BCUT2D eigenvalue weighted by Gasteiger charge is -2.27. The van der Waals surface area contributed by atoms with Crippen LogP contribution < -0.4 is 0 Å². The molecule has 0 N–H and O–H groups in total. The zero-order valence-corrected chi connectivity index (χ0v) is 15.2. The van der Waals surface area contributed by atoms with Gasteiger partial charge in [-0.25, -0.2) is 0 Å². The van der Waals surface area contributed by atoms with Gasteiger partial charge in [0.25, 0.3) is 11.1 Å². The number of thioether (sulfide) groups is 1. The topological polar surface area (TPSA) is 66.9 Å². The van der Waals surface area contributed by atoms with Crippen LogP contribution in [-0.4, -0.2) is 59.7 Å². The summed E-state index contributed by atoms with van der Waals surface area (Å²) in [5, 5.41) is 1.50. The molecule has 23 heavy (non-hydrogen) atoms. The van der Waals surface area contributed by atoms with Crippen LogP contribution in [0.2, 0.25) is 0 Å². The van der Waals surface area contributed by atoms with Crippen LogP contribution >= 0.6 is 39.0 Å². The van der Waals surface area contributed by atoms with Crippen LogP contribution in [0.15, 0.2) is 20.8 Å². The summed E-state index contributed by atoms with van der Waals surface area (Å²) in [7, 11) is 0. The van der Waals surface area contributed by atoms with Gasteiger partial charge in [0.15, 0.2) is 0 Å². The lowest BCUT2D eigenvalue weighted by molar-refractivity contribution is -0.139. The van der Waals surface area contributed by atoms with Crippen molar-refractivity contribution >= 4 is 62.2 Å². The van der Waals surface area contributed by atoms with Crippen LogP contribution in [0.4, 0.5) is 4.79 Å². The Labute approximate surface area is 149 Å². The quantitative estimate of drug-likeness (QED) is 0.707. The zero-order valence-electron chi connectivity index (χ0n) is 12.0. The monoisotopic (exact) mass is 416 g/mol. The molecule has 6 nitrogen and oxygen atoms in total. The summed E-state index contributed by atoms with van der Waals surface area (Å²) in [6.07, 6.45) is 1.68. The lowest BCUT2D eigenvalue weighted by atomic mass is 10.3. The van der Waals surface area contributed by atoms with Gasteiger partial charge in [0.2, 0.25) is 5.91 Å². The summed E-state index contributed by atoms with van der Waals surface area (Å²) in [5.74, 6) is -0.637. The van der Waals surface area contributed by atoms with Crippen molar-refractivity contribution in [2.24, 2.45) is 0 Å². The number of morpholine rings is 1. The molecule has 1 aromatic rings. The molecule has 0 saturated carbocycles. The van der Waals surface area contributed by atoms with Gasteiger partial charge in [-0.15, -0.1) is 11.3 Å². The SMILES string of the molecule is O=C(CN1C(=O)S/C(=C/c2cc(Br)cs2)C1=O)N1CCOCC1. The standard InChI is InChI=1S/C14H13BrN2O4S2/c15-9-5-10(22-8-9)6-11-13(19)17(14(20)23-11)7-12(18)16-1-3-21-4-2-16/h5-6,8H,1-4,7H2/b11-6+. The summed E-state index contributed by atoms with van der Waals surface area (Å²) < 4.78 is 6.12. The Kier molecular flexibility index (Phi) is 5.20. The van der Waals surface area contributed by atoms with Gasteiger partial charge >= 0.3 is 0 Å². The Morgan fingerprint density at radius 3 is 2.74 bits per heavy atom. The van der Waals surface area contributed by atoms with E-state index in [4.69, 9.17) is 4.74 Å². The predicted octanol–water partition coefficient (Wildman–Crippen LogP) is 2.41. The first-order valence-corrected chi connectivity index (χ1v) is 9.38. The van der Waals surface area contributed by atoms with Crippen LogP contribution in [0, 0.1) is 0 Å². The maximum absolute atomic E-state index is 12.4. The summed E-state index contributed by atoms with van der Waals surface area (Å²) >= 11 is 5.69. The number of amides is 3. The van der Waals surface area contributed by atoms with E-state index in [1.807, 2.05) is 11.4 Å². The van der Waals surface area contributed by atoms with Crippen molar-refractivity contribution in [3.05, 3.63) is 25.7 Å². The highest BCUT2D eigenvalue weighted by Crippen LogP contribution is 2.33. The lowest BCUT2D eigenvalue weighted by Crippen LogP contribution is -2.46. The fraction of sp³-hybridized carbons (Fsp3) is 0.357. The Morgan fingerprint density at radius 1 is 1.35 bits per heavy atom. The second-order valence-corrected chi connectivity index (χ2v) is 7.78. The molecule has 2 saturated heterocycles. The largest absolute Gasteiger partial charge is 0.378 e. The highest BCUT2D eigenvalue weighted by Gasteiger charge is 2.37. The first-order chi connectivity index (χ1) is 11.0. The van der Waals surface area contributed by atoms with Crippen LogP contribution in [-0.2, 0) is 14.3 Å². The first-order valence-electron chi connectivity index (χ1n) is 6.89. The predicted molar refractivity (Wildman–Crippen MR) is 92.1 cm³/mol. The number of hydrogen-bond acceptors (Lipinski definition) is 6. The Bertz CT molecular complexity index is 682. The molecule has 2 fully saturated rings. The van der Waals surface area contributed by atoms with E-state index in [0.29, 0.717) is 31.2 Å². The van der Waals surface area contributed by atoms with E-state index in [1.54, 1.807) is 11.0 Å². The van der Waals surface area contributed by atoms with Gasteiger partial charge in [0, 0.05) is 27.8 Å². The molecule has 0 atom stereocenters. The fourth-order valence-corrected chi connectivity index (χ4v) is 4.50. The first kappa shape index (κ1) is 16.7. The van der Waals surface area contributed by atoms with Crippen molar-refractivity contribution in [3.8, 4) is 0 Å². The number of nitrogens with zero attached hydrogens (tertiary/aromatic N) is 2. The molecule has 122 valence electrons. The van der Waals surface area contributed by atoms with Crippen LogP contribution in [0.1, 0.15) is 4.88 Å². The molecule has 0 unspecified atom stereocenters. The smallest absolute Gasteiger partial charge is 0.294 e. The maximum atomic E-state index is 12.4. The molecule has 0 aliphatic carbocycles. The van der Waals surface area contributed by atoms with E-state index in [2.05, 4.69) is 15.9 Å². The second-order valence-electron chi connectivity index (χ2n) is 4.93. The molecule has 0 bridgehead atoms. The molecule has 3 amide bonds. The average molecular weight is 417 g/mol. The van der Waals surface area contributed by atoms with Gasteiger partial charge in [0.1, 0.15) is 6.54 Å². The third kappa shape index (κ3) is 3.85. The van der Waals surface area contributed by atoms with Gasteiger partial charge in [-0.3, -0.25) is 19.3 Å². The van der Waals surface area contributed by atoms with Crippen molar-refractivity contribution in [1.82, 2.24) is 9.80 Å². The van der Waals surface area contributed by atoms with Crippen LogP contribution in [0.25, 0.3) is 6.08 Å². The van der Waals surface area contributed by atoms with Crippen molar-refractivity contribution in [2.45, 2.75) is 0 Å². The zero-order chi connectivity index (χ0) is 16.4. The molecule has 0 aromatic carbocycles. The van der Waals surface area contributed by atoms with E-state index in [1.165, 1.54) is 11.3 Å². The molecular formula is C14H13BrN2O4S2. The Balaban J connectivity index is 1.68. The van der Waals surface area contributed by atoms with E-state index >= 15 is 0 Å². The summed E-state index contributed by atoms with van der Waals surface area (Å²) in [4.78, 5) is 40.5. The maximum Gasteiger partial charge on any atom is 0.294 e. The fourth-order valence-electron chi connectivity index (χ4n) is 2.22. The number of ether oxygens (including phenoxy) is 1. The van der Waals surface area contributed by atoms with Gasteiger partial charge in [-0.05, 0) is 39.8 Å². The molecule has 2 aliphatic heterocycles. The van der Waals surface area contributed by atoms with Crippen molar-refractivity contribution in [3.63, 3.8) is 0 Å². The molecule has 9 heteroatoms. The minimum Gasteiger partial charge on any atom is -0.378 e. The summed E-state index contributed by atoms with van der Waals surface area (Å²) in [6.45, 7) is 1.75. The van der Waals surface area contributed by atoms with E-state index in [9.17, 15) is 14.4 Å². The number of imide groups is 1. The number of carbonyl (C=O) groups excluding carboxylic acids is 3. The normalized spacial score (nSPS) is 20.7. The van der Waals surface area contributed by atoms with Gasteiger partial charge < -0.3 is 9.64 Å². The molecule has 0 radical (unpaired) electrons. The average Bonchev–Trinajstić information content (AvgIpc) is 3.07. The molecule has 0 spiro atoms. The number of carbonyl (C=O) groups is 3. The van der Waals surface area contributed by atoms with E-state index in [-0.39, 0.29) is 12.5 Å². The van der Waals surface area contributed by atoms with Gasteiger partial charge in [-0.1, -0.05) is 0 Å². The third-order valence-electron chi connectivity index (χ3n) is 3.39. The Hall–Kier alpha value is -1.16. The minimum absolute atomic E-state index is 0.212. The molecule has 3 heterocycles. The van der Waals surface area contributed by atoms with Gasteiger partial charge in [0.05, 0.1) is 18.1 Å². The molecule has 3 rings (SSSR count). The highest BCUT2D eigenvalue weighted by atomic mass is 79.9. The van der Waals surface area contributed by atoms with Crippen molar-refractivity contribution < 1.29 is 19.1 Å². The van der Waals surface area contributed by atoms with Crippen LogP contribution in [0.3, 0.4) is 0 Å². The highest BCUT2D eigenvalue weighted by molar-refractivity contribution is 9.10. The summed E-state index contributed by atoms with van der Waals surface area (Å²) in [5.41, 5.74) is 0. The number of halogens is 1. The van der Waals surface area contributed by atoms with Crippen molar-refractivity contribution in [1.29, 1.82) is 0 Å². The van der Waals surface area contributed by atoms with Crippen molar-refractivity contribution in [2.75, 3.05) is 32.8 Å². The summed E-state index contributed by atoms with van der Waals surface area (Å²) in [6, 6.07) is 1.87. The molecular weight excluding hydrogens is 404 g/mol. The number of hydrogen-bond donors (Lipinski definition) is 0. The second kappa shape index (κ2) is 7.16. The van der Waals surface area contributed by atoms with Crippen LogP contribution in [0.5, 0.6) is 0 Å². The van der Waals surface area contributed by atoms with E-state index < -0.39 is 11.1 Å². The third-order valence-corrected chi connectivity index (χ3v) is 5.94. The minimum atomic E-state index is -0.411. The Morgan fingerprint density at radius 2 is 2.09 bits per heavy atom.